The third kappa shape index (κ3) is 3.27. The van der Waals surface area contributed by atoms with Crippen LogP contribution in [0.15, 0.2) is 30.3 Å². The van der Waals surface area contributed by atoms with Crippen LogP contribution in [0.4, 0.5) is 0 Å². The molecule has 21 heavy (non-hydrogen) atoms. The van der Waals surface area contributed by atoms with Crippen molar-refractivity contribution in [3.63, 3.8) is 0 Å². The van der Waals surface area contributed by atoms with Crippen LogP contribution in [-0.2, 0) is 15.1 Å². The van der Waals surface area contributed by atoms with Crippen molar-refractivity contribution < 1.29 is 19.7 Å². The molecule has 114 valence electrons. The summed E-state index contributed by atoms with van der Waals surface area (Å²) < 4.78 is 5.79. The minimum atomic E-state index is -1.86. The van der Waals surface area contributed by atoms with Gasteiger partial charge in [-0.15, -0.1) is 0 Å². The van der Waals surface area contributed by atoms with Gasteiger partial charge in [0, 0.05) is 17.5 Å². The predicted octanol–water partition coefficient (Wildman–Crippen LogP) is 3.30. The minimum Gasteiger partial charge on any atom is -0.493 e. The fourth-order valence-corrected chi connectivity index (χ4v) is 2.57. The molecule has 1 unspecified atom stereocenters. The molecule has 0 spiro atoms. The van der Waals surface area contributed by atoms with Gasteiger partial charge in [0.05, 0.1) is 6.61 Å². The van der Waals surface area contributed by atoms with E-state index < -0.39 is 11.6 Å². The third-order valence-corrected chi connectivity index (χ3v) is 3.83. The first-order chi connectivity index (χ1) is 10.1. The van der Waals surface area contributed by atoms with Gasteiger partial charge in [0.15, 0.2) is 5.60 Å². The highest BCUT2D eigenvalue weighted by Gasteiger charge is 2.42. The van der Waals surface area contributed by atoms with Crippen molar-refractivity contribution >= 4 is 11.7 Å². The largest absolute Gasteiger partial charge is 0.493 e. The van der Waals surface area contributed by atoms with Gasteiger partial charge in [-0.05, 0) is 12.5 Å². The number of hydrogen-bond acceptors (Lipinski definition) is 3. The molecule has 2 rings (SSSR count). The number of benzene rings is 1. The number of carbonyl (C=O) groups is 1. The highest BCUT2D eigenvalue weighted by atomic mass is 16.5. The van der Waals surface area contributed by atoms with Crippen molar-refractivity contribution in [3.8, 4) is 0 Å². The molecule has 4 heteroatoms. The van der Waals surface area contributed by atoms with E-state index in [-0.39, 0.29) is 6.42 Å². The molecule has 0 saturated carbocycles. The van der Waals surface area contributed by atoms with E-state index in [0.717, 1.165) is 12.8 Å². The zero-order valence-electron chi connectivity index (χ0n) is 12.3. The Morgan fingerprint density at radius 2 is 2.05 bits per heavy atom. The van der Waals surface area contributed by atoms with Crippen molar-refractivity contribution in [2.24, 2.45) is 0 Å². The number of carboxylic acids is 1. The zero-order valence-corrected chi connectivity index (χ0v) is 12.3. The van der Waals surface area contributed by atoms with Crippen LogP contribution in [0, 0.1) is 0 Å². The van der Waals surface area contributed by atoms with Gasteiger partial charge >= 0.3 is 5.97 Å². The summed E-state index contributed by atoms with van der Waals surface area (Å²) in [5.41, 5.74) is -0.779. The molecule has 0 amide bonds. The van der Waals surface area contributed by atoms with E-state index in [1.54, 1.807) is 24.3 Å². The second kappa shape index (κ2) is 6.76. The Kier molecular flexibility index (Phi) is 5.02. The lowest BCUT2D eigenvalue weighted by Gasteiger charge is -2.30. The number of rotatable bonds is 7. The maximum absolute atomic E-state index is 11.4. The van der Waals surface area contributed by atoms with Crippen molar-refractivity contribution in [2.75, 3.05) is 6.61 Å². The quantitative estimate of drug-likeness (QED) is 0.756. The standard InChI is InChI=1S/C17H22O4/c1-2-3-4-7-12-21-15-10-11-17(20,16(18)19)14-9-6-5-8-13(14)15/h5-6,8-10,20H,2-4,7,11-12H2,1H3,(H,18,19). The summed E-state index contributed by atoms with van der Waals surface area (Å²) in [5, 5.41) is 19.6. The van der Waals surface area contributed by atoms with Crippen molar-refractivity contribution in [1.29, 1.82) is 0 Å². The van der Waals surface area contributed by atoms with Gasteiger partial charge in [-0.2, -0.15) is 0 Å². The maximum Gasteiger partial charge on any atom is 0.340 e. The molecule has 1 aromatic rings. The number of fused-ring (bicyclic) bond motifs is 1. The predicted molar refractivity (Wildman–Crippen MR) is 80.7 cm³/mol. The van der Waals surface area contributed by atoms with Gasteiger partial charge < -0.3 is 14.9 Å². The molecule has 2 N–H and O–H groups in total. The second-order valence-electron chi connectivity index (χ2n) is 5.39. The summed E-state index contributed by atoms with van der Waals surface area (Å²) in [6.45, 7) is 2.78. The molecule has 0 heterocycles. The van der Waals surface area contributed by atoms with E-state index in [4.69, 9.17) is 4.74 Å². The summed E-state index contributed by atoms with van der Waals surface area (Å²) in [4.78, 5) is 11.4. The summed E-state index contributed by atoms with van der Waals surface area (Å²) in [6, 6.07) is 6.99. The highest BCUT2D eigenvalue weighted by molar-refractivity contribution is 5.84. The first kappa shape index (κ1) is 15.6. The first-order valence-corrected chi connectivity index (χ1v) is 7.48. The Labute approximate surface area is 125 Å². The number of aliphatic hydroxyl groups is 1. The lowest BCUT2D eigenvalue weighted by molar-refractivity contribution is -0.159. The molecule has 0 fully saturated rings. The van der Waals surface area contributed by atoms with Crippen LogP contribution < -0.4 is 0 Å². The van der Waals surface area contributed by atoms with Crippen LogP contribution in [0.2, 0.25) is 0 Å². The number of aliphatic carboxylic acids is 1. The van der Waals surface area contributed by atoms with E-state index in [1.807, 2.05) is 6.07 Å². The lowest BCUT2D eigenvalue weighted by atomic mass is 9.82. The monoisotopic (exact) mass is 290 g/mol. The zero-order chi connectivity index (χ0) is 15.3. The van der Waals surface area contributed by atoms with Gasteiger partial charge in [-0.1, -0.05) is 50.5 Å². The number of unbranched alkanes of at least 4 members (excludes halogenated alkanes) is 3. The molecule has 0 aliphatic heterocycles. The van der Waals surface area contributed by atoms with Gasteiger partial charge in [0.2, 0.25) is 0 Å². The Morgan fingerprint density at radius 3 is 2.76 bits per heavy atom. The van der Waals surface area contributed by atoms with Gasteiger partial charge in [-0.3, -0.25) is 0 Å². The number of ether oxygens (including phenoxy) is 1. The van der Waals surface area contributed by atoms with Crippen LogP contribution in [0.1, 0.15) is 50.2 Å². The highest BCUT2D eigenvalue weighted by Crippen LogP contribution is 2.38. The average molecular weight is 290 g/mol. The van der Waals surface area contributed by atoms with E-state index in [2.05, 4.69) is 6.92 Å². The van der Waals surface area contributed by atoms with Gasteiger partial charge in [0.25, 0.3) is 0 Å². The first-order valence-electron chi connectivity index (χ1n) is 7.48. The summed E-state index contributed by atoms with van der Waals surface area (Å²) in [7, 11) is 0. The Hall–Kier alpha value is -1.81. The van der Waals surface area contributed by atoms with Crippen LogP contribution in [0.5, 0.6) is 0 Å². The van der Waals surface area contributed by atoms with Crippen molar-refractivity contribution in [1.82, 2.24) is 0 Å². The number of carboxylic acid groups (broad SMARTS) is 1. The SMILES string of the molecule is CCCCCCOC1=CCC(O)(C(=O)O)c2ccccc21. The van der Waals surface area contributed by atoms with E-state index >= 15 is 0 Å². The van der Waals surface area contributed by atoms with E-state index in [0.29, 0.717) is 23.5 Å². The molecule has 1 atom stereocenters. The average Bonchev–Trinajstić information content (AvgIpc) is 2.49. The van der Waals surface area contributed by atoms with E-state index in [9.17, 15) is 15.0 Å². The summed E-state index contributed by atoms with van der Waals surface area (Å²) >= 11 is 0. The Balaban J connectivity index is 2.12. The lowest BCUT2D eigenvalue weighted by Crippen LogP contribution is -2.37. The molecule has 0 radical (unpaired) electrons. The molecule has 0 bridgehead atoms. The molecule has 0 aromatic heterocycles. The smallest absolute Gasteiger partial charge is 0.340 e. The Morgan fingerprint density at radius 1 is 1.29 bits per heavy atom. The molecule has 0 saturated heterocycles. The molecule has 1 aliphatic carbocycles. The minimum absolute atomic E-state index is 0.0314. The molecular weight excluding hydrogens is 268 g/mol. The van der Waals surface area contributed by atoms with Gasteiger partial charge in [-0.25, -0.2) is 4.79 Å². The van der Waals surface area contributed by atoms with Crippen LogP contribution in [-0.4, -0.2) is 22.8 Å². The molecule has 4 nitrogen and oxygen atoms in total. The summed E-state index contributed by atoms with van der Waals surface area (Å²) in [6.07, 6.45) is 6.19. The van der Waals surface area contributed by atoms with Crippen molar-refractivity contribution in [2.45, 2.75) is 44.6 Å². The van der Waals surface area contributed by atoms with Crippen LogP contribution >= 0.6 is 0 Å². The van der Waals surface area contributed by atoms with E-state index in [1.165, 1.54) is 12.8 Å². The van der Waals surface area contributed by atoms with Gasteiger partial charge in [0.1, 0.15) is 5.76 Å². The van der Waals surface area contributed by atoms with Crippen LogP contribution in [0.3, 0.4) is 0 Å². The normalized spacial score (nSPS) is 20.6. The molecule has 1 aliphatic rings. The van der Waals surface area contributed by atoms with Crippen molar-refractivity contribution in [3.05, 3.63) is 41.5 Å². The molecular formula is C17H22O4. The molecule has 1 aromatic carbocycles. The fourth-order valence-electron chi connectivity index (χ4n) is 2.57. The summed E-state index contributed by atoms with van der Waals surface area (Å²) in [5.74, 6) is -0.554. The third-order valence-electron chi connectivity index (χ3n) is 3.83. The fraction of sp³-hybridized carbons (Fsp3) is 0.471. The van der Waals surface area contributed by atoms with Crippen LogP contribution in [0.25, 0.3) is 5.76 Å². The Bertz CT molecular complexity index is 535. The maximum atomic E-state index is 11.4. The topological polar surface area (TPSA) is 66.8 Å². The number of hydrogen-bond donors (Lipinski definition) is 2. The second-order valence-corrected chi connectivity index (χ2v) is 5.39.